The molecule has 0 aliphatic heterocycles. The van der Waals surface area contributed by atoms with E-state index in [1.807, 2.05) is 6.08 Å². The lowest BCUT2D eigenvalue weighted by Gasteiger charge is -1.87. The van der Waals surface area contributed by atoms with Crippen molar-refractivity contribution >= 4 is 23.6 Å². The Balaban J connectivity index is 2.58. The predicted octanol–water partition coefficient (Wildman–Crippen LogP) is 3.41. The van der Waals surface area contributed by atoms with Crippen molar-refractivity contribution in [1.82, 2.24) is 0 Å². The lowest BCUT2D eigenvalue weighted by Crippen LogP contribution is -1.70. The minimum Gasteiger partial charge on any atom is -0.297 e. The van der Waals surface area contributed by atoms with Crippen LogP contribution in [0.15, 0.2) is 40.2 Å². The van der Waals surface area contributed by atoms with E-state index in [9.17, 15) is 0 Å². The molecular weight excluding hydrogens is 178 g/mol. The second-order valence-electron chi connectivity index (χ2n) is 2.67. The molecule has 0 aliphatic carbocycles. The van der Waals surface area contributed by atoms with Gasteiger partial charge in [-0.05, 0) is 36.1 Å². The van der Waals surface area contributed by atoms with E-state index in [1.54, 1.807) is 24.6 Å². The summed E-state index contributed by atoms with van der Waals surface area (Å²) in [5.41, 5.74) is 1.21. The zero-order valence-electron chi connectivity index (χ0n) is 7.90. The summed E-state index contributed by atoms with van der Waals surface area (Å²) in [4.78, 5) is 5.17. The average molecular weight is 191 g/mol. The van der Waals surface area contributed by atoms with Crippen molar-refractivity contribution < 1.29 is 0 Å². The maximum Gasteiger partial charge on any atom is 0.0277 e. The van der Waals surface area contributed by atoms with E-state index in [1.165, 1.54) is 10.5 Å². The van der Waals surface area contributed by atoms with Crippen LogP contribution in [0.2, 0.25) is 0 Å². The summed E-state index contributed by atoms with van der Waals surface area (Å²) in [6, 6.07) is 4.15. The highest BCUT2D eigenvalue weighted by Crippen LogP contribution is 2.11. The van der Waals surface area contributed by atoms with Crippen LogP contribution in [0.25, 0.3) is 6.08 Å². The molecule has 13 heavy (non-hydrogen) atoms. The van der Waals surface area contributed by atoms with Crippen molar-refractivity contribution in [3.63, 3.8) is 0 Å². The quantitative estimate of drug-likeness (QED) is 0.513. The van der Waals surface area contributed by atoms with Crippen LogP contribution in [0.4, 0.5) is 0 Å². The molecule has 0 atom stereocenters. The van der Waals surface area contributed by atoms with Gasteiger partial charge in [-0.2, -0.15) is 0 Å². The third kappa shape index (κ3) is 3.85. The van der Waals surface area contributed by atoms with Gasteiger partial charge in [0.25, 0.3) is 0 Å². The van der Waals surface area contributed by atoms with Crippen LogP contribution < -0.4 is 0 Å². The van der Waals surface area contributed by atoms with Crippen LogP contribution in [-0.2, 0) is 0 Å². The number of aliphatic imine (C=N–C) groups is 1. The molecule has 0 radical (unpaired) electrons. The molecule has 0 saturated heterocycles. The van der Waals surface area contributed by atoms with Gasteiger partial charge in [-0.1, -0.05) is 12.1 Å². The van der Waals surface area contributed by atoms with Crippen LogP contribution in [0, 0.1) is 0 Å². The summed E-state index contributed by atoms with van der Waals surface area (Å²) >= 11 is 1.74. The Bertz CT molecular complexity index is 318. The molecule has 1 nitrogen and oxygen atoms in total. The molecule has 0 amide bonds. The Kier molecular flexibility index (Phi) is 4.19. The van der Waals surface area contributed by atoms with Crippen molar-refractivity contribution in [2.75, 3.05) is 7.05 Å². The van der Waals surface area contributed by atoms with Gasteiger partial charge < -0.3 is 0 Å². The maximum atomic E-state index is 3.89. The molecule has 2 heteroatoms. The fourth-order valence-corrected chi connectivity index (χ4v) is 1.47. The Hall–Kier alpha value is -1.15. The molecule has 0 spiro atoms. The minimum atomic E-state index is 1.21. The molecule has 1 heterocycles. The van der Waals surface area contributed by atoms with Crippen molar-refractivity contribution in [3.05, 3.63) is 40.1 Å². The summed E-state index contributed by atoms with van der Waals surface area (Å²) in [7, 11) is 1.77. The van der Waals surface area contributed by atoms with Gasteiger partial charge in [-0.15, -0.1) is 11.3 Å². The number of hydrogen-bond acceptors (Lipinski definition) is 2. The summed E-state index contributed by atoms with van der Waals surface area (Å²) in [6.07, 6.45) is 7.99. The van der Waals surface area contributed by atoms with Gasteiger partial charge in [0.15, 0.2) is 0 Å². The van der Waals surface area contributed by atoms with Crippen LogP contribution in [0.5, 0.6) is 0 Å². The van der Waals surface area contributed by atoms with Crippen molar-refractivity contribution in [2.45, 2.75) is 6.92 Å². The van der Waals surface area contributed by atoms with E-state index in [0.717, 1.165) is 0 Å². The highest BCUT2D eigenvalue weighted by atomic mass is 32.1. The monoisotopic (exact) mass is 191 g/mol. The molecule has 1 rings (SSSR count). The fraction of sp³-hybridized carbons (Fsp3) is 0.182. The maximum absolute atomic E-state index is 3.89. The molecule has 0 unspecified atom stereocenters. The van der Waals surface area contributed by atoms with E-state index in [4.69, 9.17) is 0 Å². The summed E-state index contributed by atoms with van der Waals surface area (Å²) in [5.74, 6) is 0. The zero-order valence-corrected chi connectivity index (χ0v) is 8.71. The van der Waals surface area contributed by atoms with Gasteiger partial charge in [-0.3, -0.25) is 4.99 Å². The number of thiophene rings is 1. The Labute approximate surface area is 83.1 Å². The number of hydrogen-bond donors (Lipinski definition) is 0. The van der Waals surface area contributed by atoms with Gasteiger partial charge in [0.05, 0.1) is 0 Å². The van der Waals surface area contributed by atoms with Crippen molar-refractivity contribution in [2.24, 2.45) is 4.99 Å². The third-order valence-electron chi connectivity index (χ3n) is 1.54. The van der Waals surface area contributed by atoms with E-state index in [2.05, 4.69) is 41.6 Å². The second kappa shape index (κ2) is 5.49. The fourth-order valence-electron chi connectivity index (χ4n) is 0.847. The molecule has 0 aromatic carbocycles. The Morgan fingerprint density at radius 2 is 2.38 bits per heavy atom. The van der Waals surface area contributed by atoms with E-state index in [0.29, 0.717) is 0 Å². The van der Waals surface area contributed by atoms with Crippen LogP contribution in [0.1, 0.15) is 11.8 Å². The van der Waals surface area contributed by atoms with Gasteiger partial charge >= 0.3 is 0 Å². The molecule has 0 aliphatic rings. The first-order chi connectivity index (χ1) is 6.33. The van der Waals surface area contributed by atoms with Gasteiger partial charge in [0.1, 0.15) is 0 Å². The lowest BCUT2D eigenvalue weighted by atomic mass is 10.2. The second-order valence-corrected chi connectivity index (χ2v) is 3.65. The highest BCUT2D eigenvalue weighted by molar-refractivity contribution is 7.10. The van der Waals surface area contributed by atoms with Gasteiger partial charge in [0.2, 0.25) is 0 Å². The van der Waals surface area contributed by atoms with Crippen LogP contribution in [-0.4, -0.2) is 13.3 Å². The molecule has 68 valence electrons. The first kappa shape index (κ1) is 9.93. The van der Waals surface area contributed by atoms with Crippen LogP contribution >= 0.6 is 11.3 Å². The molecule has 0 N–H and O–H groups in total. The van der Waals surface area contributed by atoms with Gasteiger partial charge in [-0.25, -0.2) is 0 Å². The normalized spacial score (nSPS) is 13.2. The van der Waals surface area contributed by atoms with Crippen LogP contribution in [0.3, 0.4) is 0 Å². The van der Waals surface area contributed by atoms with Crippen molar-refractivity contribution in [1.29, 1.82) is 0 Å². The molecule has 0 bridgehead atoms. The molecule has 0 saturated carbocycles. The molecular formula is C11H13NS. The average Bonchev–Trinajstić information content (AvgIpc) is 2.64. The van der Waals surface area contributed by atoms with Crippen molar-refractivity contribution in [3.8, 4) is 0 Å². The smallest absolute Gasteiger partial charge is 0.0277 e. The first-order valence-corrected chi connectivity index (χ1v) is 5.01. The zero-order chi connectivity index (χ0) is 9.52. The number of allylic oxidation sites excluding steroid dienone is 3. The number of nitrogens with zero attached hydrogens (tertiary/aromatic N) is 1. The molecule has 0 fully saturated rings. The predicted molar refractivity (Wildman–Crippen MR) is 61.5 cm³/mol. The van der Waals surface area contributed by atoms with E-state index < -0.39 is 0 Å². The standard InChI is InChI=1S/C11H13NS/c1-10(7-8-12-2)5-6-11-4-3-9-13-11/h3-9H,1-2H3/b6-5+,10-7+,12-8?. The Morgan fingerprint density at radius 3 is 3.00 bits per heavy atom. The number of rotatable bonds is 3. The van der Waals surface area contributed by atoms with Gasteiger partial charge in [0, 0.05) is 18.1 Å². The summed E-state index contributed by atoms with van der Waals surface area (Å²) in [5, 5.41) is 2.08. The molecule has 1 aromatic rings. The van der Waals surface area contributed by atoms with E-state index >= 15 is 0 Å². The highest BCUT2D eigenvalue weighted by Gasteiger charge is 1.84. The Morgan fingerprint density at radius 1 is 1.54 bits per heavy atom. The SMILES string of the molecule is CN=C/C=C(C)/C=C/c1cccs1. The molecule has 1 aromatic heterocycles. The van der Waals surface area contributed by atoms with E-state index in [-0.39, 0.29) is 0 Å². The first-order valence-electron chi connectivity index (χ1n) is 4.13. The topological polar surface area (TPSA) is 12.4 Å². The minimum absolute atomic E-state index is 1.21. The summed E-state index contributed by atoms with van der Waals surface area (Å²) in [6.45, 7) is 2.06. The lowest BCUT2D eigenvalue weighted by molar-refractivity contribution is 1.46. The third-order valence-corrected chi connectivity index (χ3v) is 2.38. The largest absolute Gasteiger partial charge is 0.297 e. The summed E-state index contributed by atoms with van der Waals surface area (Å²) < 4.78 is 0.